The molecule has 1 aliphatic rings. The quantitative estimate of drug-likeness (QED) is 0.753. The van der Waals surface area contributed by atoms with Crippen LogP contribution in [0.2, 0.25) is 0 Å². The number of nitrogens with one attached hydrogen (secondary N) is 2. The molecule has 1 aromatic heterocycles. The van der Waals surface area contributed by atoms with E-state index in [1.54, 1.807) is 6.20 Å². The summed E-state index contributed by atoms with van der Waals surface area (Å²) in [6.45, 7) is 0.108. The molecule has 2 amide bonds. The molecule has 0 bridgehead atoms. The van der Waals surface area contributed by atoms with Crippen LogP contribution in [-0.4, -0.2) is 45.1 Å². The van der Waals surface area contributed by atoms with Crippen molar-refractivity contribution in [2.24, 2.45) is 0 Å². The van der Waals surface area contributed by atoms with Crippen molar-refractivity contribution in [1.29, 1.82) is 0 Å². The van der Waals surface area contributed by atoms with Gasteiger partial charge in [0.05, 0.1) is 23.5 Å². The van der Waals surface area contributed by atoms with Crippen LogP contribution in [0.15, 0.2) is 12.4 Å². The van der Waals surface area contributed by atoms with Crippen molar-refractivity contribution in [3.63, 3.8) is 0 Å². The van der Waals surface area contributed by atoms with Gasteiger partial charge in [0, 0.05) is 6.20 Å². The highest BCUT2D eigenvalue weighted by Gasteiger charge is 2.22. The van der Waals surface area contributed by atoms with Gasteiger partial charge in [-0.05, 0) is 0 Å². The van der Waals surface area contributed by atoms with E-state index in [1.165, 1.54) is 22.9 Å². The highest BCUT2D eigenvalue weighted by Crippen LogP contribution is 2.14. The van der Waals surface area contributed by atoms with Crippen molar-refractivity contribution in [3.8, 4) is 0 Å². The Labute approximate surface area is 90.4 Å². The Morgan fingerprint density at radius 3 is 3.20 bits per heavy atom. The molecular weight excluding hydrogens is 216 g/mol. The summed E-state index contributed by atoms with van der Waals surface area (Å²) in [4.78, 5) is 24.2. The Hall–Kier alpha value is -1.50. The Balaban J connectivity index is 1.84. The largest absolute Gasteiger partial charge is 0.323 e. The maximum atomic E-state index is 11.5. The van der Waals surface area contributed by atoms with Crippen LogP contribution in [0.4, 0.5) is 5.69 Å². The Kier molecular flexibility index (Phi) is 2.91. The standard InChI is InChI=1S/C8H10N4O2S/c13-7(11-6-1-9-10-2-6)3-12-5-15-4-8(12)14/h1-2H,3-5H2,(H,9,10)(H,11,13). The van der Waals surface area contributed by atoms with E-state index in [2.05, 4.69) is 15.5 Å². The van der Waals surface area contributed by atoms with Gasteiger partial charge in [0.2, 0.25) is 11.8 Å². The third kappa shape index (κ3) is 2.50. The van der Waals surface area contributed by atoms with E-state index in [1.807, 2.05) is 0 Å². The van der Waals surface area contributed by atoms with Crippen molar-refractivity contribution in [2.75, 3.05) is 23.5 Å². The zero-order valence-corrected chi connectivity index (χ0v) is 8.71. The molecule has 1 saturated heterocycles. The number of aromatic nitrogens is 2. The number of hydrogen-bond acceptors (Lipinski definition) is 4. The lowest BCUT2D eigenvalue weighted by Gasteiger charge is -2.13. The van der Waals surface area contributed by atoms with E-state index in [9.17, 15) is 9.59 Å². The molecule has 0 saturated carbocycles. The fourth-order valence-electron chi connectivity index (χ4n) is 1.23. The molecule has 6 nitrogen and oxygen atoms in total. The number of thioether (sulfide) groups is 1. The Bertz CT molecular complexity index is 365. The van der Waals surface area contributed by atoms with Gasteiger partial charge in [0.25, 0.3) is 0 Å². The SMILES string of the molecule is O=C(CN1CSCC1=O)Nc1cn[nH]c1. The summed E-state index contributed by atoms with van der Waals surface area (Å²) in [6, 6.07) is 0. The predicted molar refractivity (Wildman–Crippen MR) is 56.3 cm³/mol. The lowest BCUT2D eigenvalue weighted by atomic mass is 10.4. The Morgan fingerprint density at radius 2 is 2.60 bits per heavy atom. The van der Waals surface area contributed by atoms with Crippen molar-refractivity contribution in [2.45, 2.75) is 0 Å². The van der Waals surface area contributed by atoms with Crippen LogP contribution in [0.3, 0.4) is 0 Å². The number of carbonyl (C=O) groups is 2. The molecule has 1 aromatic rings. The van der Waals surface area contributed by atoms with Gasteiger partial charge >= 0.3 is 0 Å². The van der Waals surface area contributed by atoms with Crippen LogP contribution in [0.5, 0.6) is 0 Å². The molecule has 0 unspecified atom stereocenters. The highest BCUT2D eigenvalue weighted by molar-refractivity contribution is 8.00. The zero-order chi connectivity index (χ0) is 10.7. The average molecular weight is 226 g/mol. The van der Waals surface area contributed by atoms with Crippen LogP contribution in [0.1, 0.15) is 0 Å². The van der Waals surface area contributed by atoms with Gasteiger partial charge in [-0.3, -0.25) is 14.7 Å². The number of rotatable bonds is 3. The van der Waals surface area contributed by atoms with Crippen LogP contribution >= 0.6 is 11.8 Å². The second kappa shape index (κ2) is 4.35. The minimum atomic E-state index is -0.202. The maximum absolute atomic E-state index is 11.5. The summed E-state index contributed by atoms with van der Waals surface area (Å²) in [7, 11) is 0. The molecule has 0 spiro atoms. The summed E-state index contributed by atoms with van der Waals surface area (Å²) in [5.74, 6) is 0.881. The first-order valence-electron chi connectivity index (χ1n) is 4.40. The predicted octanol–water partition coefficient (Wildman–Crippen LogP) is -0.119. The number of carbonyl (C=O) groups excluding carboxylic acids is 2. The van der Waals surface area contributed by atoms with Gasteiger partial charge in [0.15, 0.2) is 0 Å². The van der Waals surface area contributed by atoms with Crippen LogP contribution in [0.25, 0.3) is 0 Å². The van der Waals surface area contributed by atoms with E-state index in [4.69, 9.17) is 0 Å². The molecule has 2 heterocycles. The van der Waals surface area contributed by atoms with Crippen LogP contribution < -0.4 is 5.32 Å². The first-order chi connectivity index (χ1) is 7.25. The van der Waals surface area contributed by atoms with E-state index >= 15 is 0 Å². The van der Waals surface area contributed by atoms with Crippen molar-refractivity contribution in [1.82, 2.24) is 15.1 Å². The summed E-state index contributed by atoms with van der Waals surface area (Å²) >= 11 is 1.52. The van der Waals surface area contributed by atoms with Gasteiger partial charge in [0.1, 0.15) is 6.54 Å². The average Bonchev–Trinajstić information content (AvgIpc) is 2.79. The first-order valence-corrected chi connectivity index (χ1v) is 5.55. The summed E-state index contributed by atoms with van der Waals surface area (Å²) in [6.07, 6.45) is 3.09. The maximum Gasteiger partial charge on any atom is 0.244 e. The normalized spacial score (nSPS) is 15.7. The molecule has 0 atom stereocenters. The number of H-pyrrole nitrogens is 1. The molecule has 7 heteroatoms. The van der Waals surface area contributed by atoms with Gasteiger partial charge in [-0.2, -0.15) is 5.10 Å². The van der Waals surface area contributed by atoms with E-state index in [0.29, 0.717) is 17.3 Å². The summed E-state index contributed by atoms with van der Waals surface area (Å²) in [5, 5.41) is 8.92. The number of aromatic amines is 1. The topological polar surface area (TPSA) is 78.1 Å². The van der Waals surface area contributed by atoms with Gasteiger partial charge in [-0.25, -0.2) is 0 Å². The van der Waals surface area contributed by atoms with Gasteiger partial charge in [-0.1, -0.05) is 0 Å². The second-order valence-corrected chi connectivity index (χ2v) is 4.06. The summed E-state index contributed by atoms with van der Waals surface area (Å²) in [5.41, 5.74) is 0.610. The van der Waals surface area contributed by atoms with Gasteiger partial charge in [-0.15, -0.1) is 11.8 Å². The molecule has 0 radical (unpaired) electrons. The van der Waals surface area contributed by atoms with Crippen molar-refractivity contribution in [3.05, 3.63) is 12.4 Å². The number of nitrogens with zero attached hydrogens (tertiary/aromatic N) is 2. The number of anilines is 1. The molecular formula is C8H10N4O2S. The molecule has 1 fully saturated rings. The number of amides is 2. The van der Waals surface area contributed by atoms with Crippen LogP contribution in [0, 0.1) is 0 Å². The minimum Gasteiger partial charge on any atom is -0.323 e. The zero-order valence-electron chi connectivity index (χ0n) is 7.90. The first kappa shape index (κ1) is 10.0. The smallest absolute Gasteiger partial charge is 0.244 e. The fourth-order valence-corrected chi connectivity index (χ4v) is 2.14. The van der Waals surface area contributed by atoms with Gasteiger partial charge < -0.3 is 10.2 Å². The van der Waals surface area contributed by atoms with Crippen LogP contribution in [-0.2, 0) is 9.59 Å². The molecule has 0 aliphatic carbocycles. The third-order valence-corrected chi connectivity index (χ3v) is 2.89. The van der Waals surface area contributed by atoms with E-state index in [-0.39, 0.29) is 18.4 Å². The van der Waals surface area contributed by atoms with E-state index in [0.717, 1.165) is 0 Å². The Morgan fingerprint density at radius 1 is 1.73 bits per heavy atom. The molecule has 2 rings (SSSR count). The lowest BCUT2D eigenvalue weighted by molar-refractivity contribution is -0.130. The second-order valence-electron chi connectivity index (χ2n) is 3.10. The molecule has 2 N–H and O–H groups in total. The van der Waals surface area contributed by atoms with E-state index < -0.39 is 0 Å². The minimum absolute atomic E-state index is 0.0161. The fraction of sp³-hybridized carbons (Fsp3) is 0.375. The highest BCUT2D eigenvalue weighted by atomic mass is 32.2. The van der Waals surface area contributed by atoms with Crippen molar-refractivity contribution >= 4 is 29.3 Å². The lowest BCUT2D eigenvalue weighted by Crippen LogP contribution is -2.34. The molecule has 0 aromatic carbocycles. The molecule has 15 heavy (non-hydrogen) atoms. The van der Waals surface area contributed by atoms with Crippen molar-refractivity contribution < 1.29 is 9.59 Å². The monoisotopic (exact) mass is 226 g/mol. The molecule has 80 valence electrons. The molecule has 1 aliphatic heterocycles. The number of hydrogen-bond donors (Lipinski definition) is 2. The summed E-state index contributed by atoms with van der Waals surface area (Å²) < 4.78 is 0. The third-order valence-electron chi connectivity index (χ3n) is 1.94.